The molecule has 1 aromatic heterocycles. The predicted molar refractivity (Wildman–Crippen MR) is 223 cm³/mol. The fraction of sp³-hybridized carbons (Fsp3) is 0.889. The van der Waals surface area contributed by atoms with Crippen molar-refractivity contribution in [1.82, 2.24) is 14.5 Å². The molecule has 0 aromatic carbocycles. The van der Waals surface area contributed by atoms with Crippen molar-refractivity contribution >= 4 is 11.9 Å². The summed E-state index contributed by atoms with van der Waals surface area (Å²) < 4.78 is 13.7. The van der Waals surface area contributed by atoms with Crippen LogP contribution in [0.4, 0.5) is 0 Å². The number of aliphatic hydroxyl groups excluding tert-OH is 2. The second-order valence-electron chi connectivity index (χ2n) is 15.9. The lowest BCUT2D eigenvalue weighted by molar-refractivity contribution is -0.150. The molecule has 4 atom stereocenters. The topological polar surface area (TPSA) is 114 Å². The Kier molecular flexibility index (Phi) is 31.8. The van der Waals surface area contributed by atoms with Crippen molar-refractivity contribution in [1.29, 1.82) is 0 Å². The Balaban J connectivity index is 2.37. The van der Waals surface area contributed by atoms with Gasteiger partial charge < -0.3 is 24.3 Å². The van der Waals surface area contributed by atoms with Gasteiger partial charge in [-0.3, -0.25) is 14.5 Å². The zero-order chi connectivity index (χ0) is 39.7. The zero-order valence-electron chi connectivity index (χ0n) is 35.8. The average molecular weight is 764 g/mol. The maximum absolute atomic E-state index is 12.5. The van der Waals surface area contributed by atoms with E-state index in [-0.39, 0.29) is 24.1 Å². The molecule has 0 saturated heterocycles. The monoisotopic (exact) mass is 764 g/mol. The molecule has 0 aliphatic carbocycles. The largest absolute Gasteiger partial charge is 0.462 e. The highest BCUT2D eigenvalue weighted by atomic mass is 16.5. The molecule has 0 bridgehead atoms. The predicted octanol–water partition coefficient (Wildman–Crippen LogP) is 10.7. The average Bonchev–Trinajstić information content (AvgIpc) is 3.56. The van der Waals surface area contributed by atoms with E-state index in [9.17, 15) is 19.8 Å². The molecule has 9 heteroatoms. The van der Waals surface area contributed by atoms with Gasteiger partial charge in [0.1, 0.15) is 18.0 Å². The summed E-state index contributed by atoms with van der Waals surface area (Å²) in [5.41, 5.74) is 0. The van der Waals surface area contributed by atoms with Crippen LogP contribution in [0, 0.1) is 6.92 Å². The van der Waals surface area contributed by atoms with E-state index >= 15 is 0 Å². The number of esters is 2. The molecule has 1 heterocycles. The SMILES string of the molecule is CCCCCCCCC(CC)OC(=O)CCCCC[C@@H](O)CN(CCCn1ccnc1C)C[C@@H](O)CCCCCC(=O)OC(CC)CCCCCCCC. The number of imidazole rings is 1. The Morgan fingerprint density at radius 1 is 0.630 bits per heavy atom. The van der Waals surface area contributed by atoms with Crippen LogP contribution < -0.4 is 0 Å². The number of ether oxygens (including phenoxy) is 2. The van der Waals surface area contributed by atoms with Crippen LogP contribution in [-0.4, -0.2) is 80.7 Å². The lowest BCUT2D eigenvalue weighted by Crippen LogP contribution is -2.39. The molecule has 0 saturated carbocycles. The number of aromatic nitrogens is 2. The zero-order valence-corrected chi connectivity index (χ0v) is 35.8. The van der Waals surface area contributed by atoms with E-state index in [2.05, 4.69) is 42.1 Å². The summed E-state index contributed by atoms with van der Waals surface area (Å²) in [6.45, 7) is 13.3. The summed E-state index contributed by atoms with van der Waals surface area (Å²) >= 11 is 0. The maximum atomic E-state index is 12.5. The molecule has 54 heavy (non-hydrogen) atoms. The van der Waals surface area contributed by atoms with Crippen molar-refractivity contribution in [3.63, 3.8) is 0 Å². The number of aryl methyl sites for hydroxylation is 2. The van der Waals surface area contributed by atoms with Crippen molar-refractivity contribution in [2.24, 2.45) is 0 Å². The van der Waals surface area contributed by atoms with Gasteiger partial charge in [-0.2, -0.15) is 0 Å². The van der Waals surface area contributed by atoms with Crippen molar-refractivity contribution in [2.45, 2.75) is 239 Å². The molecule has 0 spiro atoms. The number of nitrogens with zero attached hydrogens (tertiary/aromatic N) is 3. The summed E-state index contributed by atoms with van der Waals surface area (Å²) in [7, 11) is 0. The Morgan fingerprint density at radius 2 is 1.06 bits per heavy atom. The number of hydrogen-bond acceptors (Lipinski definition) is 8. The Bertz CT molecular complexity index is 963. The van der Waals surface area contributed by atoms with Crippen molar-refractivity contribution in [3.8, 4) is 0 Å². The molecular formula is C45H85N3O6. The molecular weight excluding hydrogens is 679 g/mol. The second kappa shape index (κ2) is 34.3. The van der Waals surface area contributed by atoms with Crippen molar-refractivity contribution < 1.29 is 29.3 Å². The van der Waals surface area contributed by atoms with Gasteiger partial charge in [0.25, 0.3) is 0 Å². The molecule has 316 valence electrons. The van der Waals surface area contributed by atoms with Gasteiger partial charge in [0.2, 0.25) is 0 Å². The van der Waals surface area contributed by atoms with Crippen LogP contribution in [0.15, 0.2) is 12.4 Å². The van der Waals surface area contributed by atoms with Crippen molar-refractivity contribution in [3.05, 3.63) is 18.2 Å². The molecule has 2 unspecified atom stereocenters. The summed E-state index contributed by atoms with van der Waals surface area (Å²) in [6.07, 6.45) is 29.7. The van der Waals surface area contributed by atoms with Crippen LogP contribution in [0.3, 0.4) is 0 Å². The van der Waals surface area contributed by atoms with E-state index in [1.54, 1.807) is 0 Å². The van der Waals surface area contributed by atoms with Crippen LogP contribution in [-0.2, 0) is 25.6 Å². The third kappa shape index (κ3) is 27.6. The number of aliphatic hydroxyl groups is 2. The smallest absolute Gasteiger partial charge is 0.306 e. The van der Waals surface area contributed by atoms with Crippen LogP contribution in [0.2, 0.25) is 0 Å². The first-order chi connectivity index (χ1) is 26.2. The first-order valence-corrected chi connectivity index (χ1v) is 22.7. The minimum absolute atomic E-state index is 0.0337. The van der Waals surface area contributed by atoms with Gasteiger partial charge in [-0.1, -0.05) is 118 Å². The van der Waals surface area contributed by atoms with E-state index in [0.29, 0.717) is 38.8 Å². The molecule has 1 aromatic rings. The third-order valence-electron chi connectivity index (χ3n) is 10.8. The van der Waals surface area contributed by atoms with Gasteiger partial charge in [0.15, 0.2) is 0 Å². The van der Waals surface area contributed by atoms with Gasteiger partial charge in [-0.05, 0) is 77.6 Å². The minimum Gasteiger partial charge on any atom is -0.462 e. The fourth-order valence-corrected chi connectivity index (χ4v) is 7.28. The van der Waals surface area contributed by atoms with E-state index in [1.807, 2.05) is 19.3 Å². The van der Waals surface area contributed by atoms with Crippen molar-refractivity contribution in [2.75, 3.05) is 19.6 Å². The molecule has 0 radical (unpaired) electrons. The summed E-state index contributed by atoms with van der Waals surface area (Å²) in [5.74, 6) is 0.802. The van der Waals surface area contributed by atoms with Gasteiger partial charge in [0, 0.05) is 51.4 Å². The molecule has 0 aliphatic rings. The van der Waals surface area contributed by atoms with Gasteiger partial charge in [-0.25, -0.2) is 4.98 Å². The number of carbonyl (C=O) groups excluding carboxylic acids is 2. The lowest BCUT2D eigenvalue weighted by Gasteiger charge is -2.27. The highest BCUT2D eigenvalue weighted by molar-refractivity contribution is 5.69. The molecule has 9 nitrogen and oxygen atoms in total. The molecule has 0 amide bonds. The van der Waals surface area contributed by atoms with Gasteiger partial charge >= 0.3 is 11.9 Å². The summed E-state index contributed by atoms with van der Waals surface area (Å²) in [5, 5.41) is 21.9. The first kappa shape index (κ1) is 50.0. The Morgan fingerprint density at radius 3 is 1.48 bits per heavy atom. The second-order valence-corrected chi connectivity index (χ2v) is 15.9. The highest BCUT2D eigenvalue weighted by Crippen LogP contribution is 2.17. The number of carbonyl (C=O) groups is 2. The minimum atomic E-state index is -0.486. The fourth-order valence-electron chi connectivity index (χ4n) is 7.28. The highest BCUT2D eigenvalue weighted by Gasteiger charge is 2.18. The standard InChI is InChI=1S/C45H85N3O6/c1-6-10-12-14-16-22-29-42(8-3)53-44(51)31-24-18-20-27-40(49)37-47(34-26-35-48-36-33-46-39(48)5)38-41(50)28-21-19-25-32-45(52)54-43(9-4)30-23-17-15-13-11-7-2/h33,36,40-43,49-50H,6-32,34-35,37-38H2,1-5H3/t40-,41+,42?,43?. The van der Waals surface area contributed by atoms with Gasteiger partial charge in [-0.15, -0.1) is 0 Å². The number of hydrogen-bond donors (Lipinski definition) is 2. The van der Waals surface area contributed by atoms with E-state index in [0.717, 1.165) is 102 Å². The number of rotatable bonds is 38. The maximum Gasteiger partial charge on any atom is 0.306 e. The molecule has 2 N–H and O–H groups in total. The van der Waals surface area contributed by atoms with Crippen LogP contribution in [0.25, 0.3) is 0 Å². The lowest BCUT2D eigenvalue weighted by atomic mass is 10.1. The first-order valence-electron chi connectivity index (χ1n) is 22.7. The summed E-state index contributed by atoms with van der Waals surface area (Å²) in [4.78, 5) is 31.4. The quantitative estimate of drug-likeness (QED) is 0.0505. The van der Waals surface area contributed by atoms with E-state index < -0.39 is 12.2 Å². The normalized spacial score (nSPS) is 13.9. The summed E-state index contributed by atoms with van der Waals surface area (Å²) in [6, 6.07) is 0. The molecule has 0 aliphatic heterocycles. The molecule has 0 fully saturated rings. The number of unbranched alkanes of at least 4 members (excludes halogenated alkanes) is 14. The van der Waals surface area contributed by atoms with E-state index in [1.165, 1.54) is 64.2 Å². The Hall–Kier alpha value is -1.97. The van der Waals surface area contributed by atoms with Crippen LogP contribution >= 0.6 is 0 Å². The van der Waals surface area contributed by atoms with Crippen LogP contribution in [0.1, 0.15) is 207 Å². The Labute approximate surface area is 331 Å². The van der Waals surface area contributed by atoms with E-state index in [4.69, 9.17) is 9.47 Å². The van der Waals surface area contributed by atoms with Crippen LogP contribution in [0.5, 0.6) is 0 Å². The molecule has 1 rings (SSSR count). The van der Waals surface area contributed by atoms with Gasteiger partial charge in [0.05, 0.1) is 12.2 Å². The third-order valence-corrected chi connectivity index (χ3v) is 10.8.